The highest BCUT2D eigenvalue weighted by molar-refractivity contribution is 7.99. The van der Waals surface area contributed by atoms with Crippen LogP contribution in [0.2, 0.25) is 0 Å². The van der Waals surface area contributed by atoms with Gasteiger partial charge in [-0.25, -0.2) is 4.39 Å². The number of aromatic nitrogens is 3. The van der Waals surface area contributed by atoms with Gasteiger partial charge in [0.1, 0.15) is 5.82 Å². The number of benzene rings is 3. The van der Waals surface area contributed by atoms with Crippen LogP contribution in [0.4, 0.5) is 15.8 Å². The third-order valence-corrected chi connectivity index (χ3v) is 6.66. The van der Waals surface area contributed by atoms with Gasteiger partial charge in [0.25, 0.3) is 0 Å². The molecule has 1 aliphatic heterocycles. The van der Waals surface area contributed by atoms with Gasteiger partial charge in [-0.05, 0) is 48.2 Å². The molecule has 160 valence electrons. The van der Waals surface area contributed by atoms with Gasteiger partial charge in [0.15, 0.2) is 11.0 Å². The number of fused-ring (bicyclic) bond motifs is 2. The quantitative estimate of drug-likeness (QED) is 0.407. The standard InChI is InChI=1S/C25H21FN4OS/c1-29-24(19-10-4-5-11-20(19)26)27-28-25(29)32-16-23(31)30-21-12-6-2-8-17(21)14-15-18-9-3-7-13-22(18)30/h2-13H,14-16H2,1H3. The van der Waals surface area contributed by atoms with Gasteiger partial charge in [0, 0.05) is 7.05 Å². The van der Waals surface area contributed by atoms with E-state index in [0.717, 1.165) is 35.3 Å². The lowest BCUT2D eigenvalue weighted by atomic mass is 10.0. The lowest BCUT2D eigenvalue weighted by Gasteiger charge is -2.24. The lowest BCUT2D eigenvalue weighted by Crippen LogP contribution is -2.28. The molecule has 5 rings (SSSR count). The van der Waals surface area contributed by atoms with E-state index < -0.39 is 0 Å². The number of carbonyl (C=O) groups excluding carboxylic acids is 1. The Morgan fingerprint density at radius 1 is 0.906 bits per heavy atom. The van der Waals surface area contributed by atoms with Gasteiger partial charge >= 0.3 is 0 Å². The molecule has 5 nitrogen and oxygen atoms in total. The number of anilines is 2. The molecule has 2 heterocycles. The Balaban J connectivity index is 1.43. The highest BCUT2D eigenvalue weighted by atomic mass is 32.2. The van der Waals surface area contributed by atoms with E-state index in [0.29, 0.717) is 16.5 Å². The Morgan fingerprint density at radius 2 is 1.50 bits per heavy atom. The van der Waals surface area contributed by atoms with Crippen LogP contribution in [0.5, 0.6) is 0 Å². The molecule has 32 heavy (non-hydrogen) atoms. The molecule has 0 radical (unpaired) electrons. The summed E-state index contributed by atoms with van der Waals surface area (Å²) in [5.41, 5.74) is 4.54. The van der Waals surface area contributed by atoms with Gasteiger partial charge in [0.2, 0.25) is 5.91 Å². The fourth-order valence-electron chi connectivity index (χ4n) is 4.06. The molecule has 0 fully saturated rings. The van der Waals surface area contributed by atoms with Crippen molar-refractivity contribution >= 4 is 29.0 Å². The summed E-state index contributed by atoms with van der Waals surface area (Å²) >= 11 is 1.30. The SMILES string of the molecule is Cn1c(SCC(=O)N2c3ccccc3CCc3ccccc32)nnc1-c1ccccc1F. The first-order chi connectivity index (χ1) is 15.6. The van der Waals surface area contributed by atoms with Crippen molar-refractivity contribution in [2.75, 3.05) is 10.7 Å². The first kappa shape index (κ1) is 20.5. The van der Waals surface area contributed by atoms with Crippen molar-refractivity contribution in [3.63, 3.8) is 0 Å². The number of carbonyl (C=O) groups is 1. The number of hydrogen-bond donors (Lipinski definition) is 0. The smallest absolute Gasteiger partial charge is 0.242 e. The molecular weight excluding hydrogens is 423 g/mol. The normalized spacial score (nSPS) is 12.8. The summed E-state index contributed by atoms with van der Waals surface area (Å²) in [7, 11) is 1.78. The van der Waals surface area contributed by atoms with Crippen molar-refractivity contribution < 1.29 is 9.18 Å². The zero-order valence-corrected chi connectivity index (χ0v) is 18.3. The summed E-state index contributed by atoms with van der Waals surface area (Å²) in [6.07, 6.45) is 1.78. The average molecular weight is 445 g/mol. The van der Waals surface area contributed by atoms with Crippen LogP contribution in [0.1, 0.15) is 11.1 Å². The number of nitrogens with zero attached hydrogens (tertiary/aromatic N) is 4. The van der Waals surface area contributed by atoms with Gasteiger partial charge < -0.3 is 4.57 Å². The van der Waals surface area contributed by atoms with Crippen LogP contribution in [-0.4, -0.2) is 26.4 Å². The second-order valence-corrected chi connectivity index (χ2v) is 8.56. The number of para-hydroxylation sites is 2. The van der Waals surface area contributed by atoms with Crippen LogP contribution in [0.15, 0.2) is 78.0 Å². The van der Waals surface area contributed by atoms with Crippen LogP contribution in [0.3, 0.4) is 0 Å². The predicted octanol–water partition coefficient (Wildman–Crippen LogP) is 5.18. The molecular formula is C25H21FN4OS. The fourth-order valence-corrected chi connectivity index (χ4v) is 4.82. The van der Waals surface area contributed by atoms with Gasteiger partial charge in [-0.3, -0.25) is 9.69 Å². The highest BCUT2D eigenvalue weighted by Crippen LogP contribution is 2.36. The van der Waals surface area contributed by atoms with Crippen molar-refractivity contribution in [1.82, 2.24) is 14.8 Å². The number of rotatable bonds is 4. The Morgan fingerprint density at radius 3 is 2.16 bits per heavy atom. The number of halogens is 1. The molecule has 1 aromatic heterocycles. The summed E-state index contributed by atoms with van der Waals surface area (Å²) in [6, 6.07) is 22.6. The third-order valence-electron chi connectivity index (χ3n) is 5.65. The predicted molar refractivity (Wildman–Crippen MR) is 125 cm³/mol. The van der Waals surface area contributed by atoms with E-state index in [2.05, 4.69) is 22.3 Å². The first-order valence-electron chi connectivity index (χ1n) is 10.4. The van der Waals surface area contributed by atoms with Gasteiger partial charge in [-0.2, -0.15) is 0 Å². The molecule has 0 N–H and O–H groups in total. The monoisotopic (exact) mass is 444 g/mol. The zero-order valence-electron chi connectivity index (χ0n) is 17.5. The van der Waals surface area contributed by atoms with Crippen molar-refractivity contribution in [2.45, 2.75) is 18.0 Å². The summed E-state index contributed by atoms with van der Waals surface area (Å²) in [6.45, 7) is 0. The van der Waals surface area contributed by atoms with E-state index in [1.54, 1.807) is 29.8 Å². The topological polar surface area (TPSA) is 51.0 Å². The molecule has 4 aromatic rings. The molecule has 1 amide bonds. The third kappa shape index (κ3) is 3.69. The second kappa shape index (κ2) is 8.59. The van der Waals surface area contributed by atoms with E-state index in [1.807, 2.05) is 41.3 Å². The molecule has 3 aromatic carbocycles. The van der Waals surface area contributed by atoms with Crippen LogP contribution in [0, 0.1) is 5.82 Å². The Labute approximate surface area is 189 Å². The second-order valence-electron chi connectivity index (χ2n) is 7.62. The highest BCUT2D eigenvalue weighted by Gasteiger charge is 2.26. The summed E-state index contributed by atoms with van der Waals surface area (Å²) in [5, 5.41) is 8.91. The number of hydrogen-bond acceptors (Lipinski definition) is 4. The molecule has 0 aliphatic carbocycles. The molecule has 0 unspecified atom stereocenters. The summed E-state index contributed by atoms with van der Waals surface area (Å²) < 4.78 is 15.9. The van der Waals surface area contributed by atoms with Crippen LogP contribution in [-0.2, 0) is 24.7 Å². The minimum atomic E-state index is -0.353. The van der Waals surface area contributed by atoms with Crippen molar-refractivity contribution in [3.05, 3.63) is 89.7 Å². The summed E-state index contributed by atoms with van der Waals surface area (Å²) in [4.78, 5) is 15.3. The first-order valence-corrected chi connectivity index (χ1v) is 11.4. The summed E-state index contributed by atoms with van der Waals surface area (Å²) in [5.74, 6) is 0.232. The maximum absolute atomic E-state index is 14.2. The number of aryl methyl sites for hydroxylation is 2. The molecule has 0 atom stereocenters. The molecule has 0 saturated heterocycles. The molecule has 7 heteroatoms. The average Bonchev–Trinajstić information content (AvgIpc) is 3.08. The molecule has 0 saturated carbocycles. The van der Waals surface area contributed by atoms with E-state index >= 15 is 0 Å². The van der Waals surface area contributed by atoms with E-state index in [4.69, 9.17) is 0 Å². The number of amides is 1. The maximum Gasteiger partial charge on any atom is 0.242 e. The zero-order chi connectivity index (χ0) is 22.1. The minimum Gasteiger partial charge on any atom is -0.305 e. The Kier molecular flexibility index (Phi) is 5.49. The number of thioether (sulfide) groups is 1. The van der Waals surface area contributed by atoms with Gasteiger partial charge in [-0.1, -0.05) is 60.3 Å². The van der Waals surface area contributed by atoms with E-state index in [-0.39, 0.29) is 17.5 Å². The lowest BCUT2D eigenvalue weighted by molar-refractivity contribution is -0.115. The maximum atomic E-state index is 14.2. The van der Waals surface area contributed by atoms with Crippen molar-refractivity contribution in [1.29, 1.82) is 0 Å². The Hall–Kier alpha value is -3.45. The van der Waals surface area contributed by atoms with Crippen molar-refractivity contribution in [2.24, 2.45) is 7.05 Å². The molecule has 1 aliphatic rings. The molecule has 0 spiro atoms. The van der Waals surface area contributed by atoms with E-state index in [9.17, 15) is 9.18 Å². The van der Waals surface area contributed by atoms with Gasteiger partial charge in [-0.15, -0.1) is 10.2 Å². The van der Waals surface area contributed by atoms with E-state index in [1.165, 1.54) is 17.8 Å². The fraction of sp³-hybridized carbons (Fsp3) is 0.160. The largest absolute Gasteiger partial charge is 0.305 e. The van der Waals surface area contributed by atoms with Gasteiger partial charge in [0.05, 0.1) is 22.7 Å². The van der Waals surface area contributed by atoms with Crippen LogP contribution in [0.25, 0.3) is 11.4 Å². The van der Waals surface area contributed by atoms with Crippen LogP contribution < -0.4 is 4.90 Å². The molecule has 0 bridgehead atoms. The van der Waals surface area contributed by atoms with Crippen LogP contribution >= 0.6 is 11.8 Å². The Bertz CT molecular complexity index is 1260. The van der Waals surface area contributed by atoms with Crippen molar-refractivity contribution in [3.8, 4) is 11.4 Å². The minimum absolute atomic E-state index is 0.0350.